The SMILES string of the molecule is CCc1cc(C#N)ccc1-n1nc(C(C)C)c2c(I)ccnc21.CCc1cc(C#N)ccc1F. The molecule has 2 heterocycles. The van der Waals surface area contributed by atoms with Gasteiger partial charge in [0, 0.05) is 9.77 Å². The first-order valence-electron chi connectivity index (χ1n) is 11.1. The molecule has 0 atom stereocenters. The van der Waals surface area contributed by atoms with Crippen LogP contribution in [0.4, 0.5) is 4.39 Å². The van der Waals surface area contributed by atoms with Gasteiger partial charge >= 0.3 is 0 Å². The van der Waals surface area contributed by atoms with Crippen molar-refractivity contribution in [2.75, 3.05) is 0 Å². The van der Waals surface area contributed by atoms with Crippen molar-refractivity contribution in [1.29, 1.82) is 10.5 Å². The second-order valence-electron chi connectivity index (χ2n) is 8.02. The summed E-state index contributed by atoms with van der Waals surface area (Å²) >= 11 is 2.34. The Labute approximate surface area is 213 Å². The molecule has 0 amide bonds. The molecule has 0 N–H and O–H groups in total. The van der Waals surface area contributed by atoms with E-state index in [4.69, 9.17) is 15.6 Å². The van der Waals surface area contributed by atoms with E-state index in [1.54, 1.807) is 6.07 Å². The molecule has 172 valence electrons. The van der Waals surface area contributed by atoms with Crippen molar-refractivity contribution in [3.05, 3.63) is 86.0 Å². The molecule has 4 rings (SSSR count). The maximum absolute atomic E-state index is 12.8. The number of nitrogens with zero attached hydrogens (tertiary/aromatic N) is 5. The van der Waals surface area contributed by atoms with E-state index in [-0.39, 0.29) is 5.82 Å². The number of benzene rings is 2. The van der Waals surface area contributed by atoms with E-state index >= 15 is 0 Å². The number of nitriles is 2. The van der Waals surface area contributed by atoms with Gasteiger partial charge in [-0.1, -0.05) is 27.7 Å². The van der Waals surface area contributed by atoms with Crippen LogP contribution in [0.1, 0.15) is 61.6 Å². The fourth-order valence-corrected chi connectivity index (χ4v) is 4.34. The van der Waals surface area contributed by atoms with Crippen LogP contribution in [0.5, 0.6) is 0 Å². The first kappa shape index (κ1) is 25.3. The summed E-state index contributed by atoms with van der Waals surface area (Å²) in [6, 6.07) is 16.3. The molecular formula is C27H25FIN5. The summed E-state index contributed by atoms with van der Waals surface area (Å²) in [6.07, 6.45) is 3.29. The van der Waals surface area contributed by atoms with Gasteiger partial charge in [-0.05, 0) is 94.9 Å². The van der Waals surface area contributed by atoms with E-state index in [1.807, 2.05) is 48.1 Å². The lowest BCUT2D eigenvalue weighted by atomic mass is 10.1. The van der Waals surface area contributed by atoms with E-state index in [9.17, 15) is 4.39 Å². The quantitative estimate of drug-likeness (QED) is 0.254. The van der Waals surface area contributed by atoms with Crippen molar-refractivity contribution in [3.63, 3.8) is 0 Å². The smallest absolute Gasteiger partial charge is 0.164 e. The molecule has 0 spiro atoms. The topological polar surface area (TPSA) is 78.3 Å². The minimum atomic E-state index is -0.230. The number of aromatic nitrogens is 3. The maximum Gasteiger partial charge on any atom is 0.164 e. The van der Waals surface area contributed by atoms with E-state index in [1.165, 1.54) is 12.1 Å². The number of hydrogen-bond acceptors (Lipinski definition) is 4. The number of halogens is 2. The van der Waals surface area contributed by atoms with E-state index < -0.39 is 0 Å². The van der Waals surface area contributed by atoms with Gasteiger partial charge in [-0.3, -0.25) is 0 Å². The fraction of sp³-hybridized carbons (Fsp3) is 0.259. The molecular weight excluding hydrogens is 540 g/mol. The van der Waals surface area contributed by atoms with Crippen LogP contribution in [0.25, 0.3) is 16.7 Å². The fourth-order valence-electron chi connectivity index (χ4n) is 3.66. The zero-order valence-electron chi connectivity index (χ0n) is 19.6. The van der Waals surface area contributed by atoms with Gasteiger partial charge in [-0.15, -0.1) is 0 Å². The summed E-state index contributed by atoms with van der Waals surface area (Å²) in [4.78, 5) is 4.57. The third-order valence-electron chi connectivity index (χ3n) is 5.46. The molecule has 34 heavy (non-hydrogen) atoms. The second kappa shape index (κ2) is 11.2. The highest BCUT2D eigenvalue weighted by Crippen LogP contribution is 2.30. The maximum atomic E-state index is 12.8. The number of hydrogen-bond donors (Lipinski definition) is 0. The Balaban J connectivity index is 0.000000248. The highest BCUT2D eigenvalue weighted by molar-refractivity contribution is 14.1. The number of rotatable bonds is 4. The van der Waals surface area contributed by atoms with Crippen molar-refractivity contribution in [2.24, 2.45) is 0 Å². The molecule has 2 aromatic carbocycles. The predicted octanol–water partition coefficient (Wildman–Crippen LogP) is 6.84. The van der Waals surface area contributed by atoms with Crippen LogP contribution in [0.3, 0.4) is 0 Å². The minimum absolute atomic E-state index is 0.230. The van der Waals surface area contributed by atoms with Crippen LogP contribution >= 0.6 is 22.6 Å². The van der Waals surface area contributed by atoms with Gasteiger partial charge in [-0.25, -0.2) is 14.1 Å². The number of aryl methyl sites for hydroxylation is 2. The Kier molecular flexibility index (Phi) is 8.36. The first-order chi connectivity index (χ1) is 16.3. The van der Waals surface area contributed by atoms with Crippen LogP contribution in [-0.4, -0.2) is 14.8 Å². The predicted molar refractivity (Wildman–Crippen MR) is 140 cm³/mol. The molecule has 0 saturated heterocycles. The lowest BCUT2D eigenvalue weighted by Crippen LogP contribution is -2.03. The molecule has 2 aromatic heterocycles. The second-order valence-corrected chi connectivity index (χ2v) is 9.19. The molecule has 4 aromatic rings. The van der Waals surface area contributed by atoms with Gasteiger partial charge in [-0.2, -0.15) is 15.6 Å². The Hall–Kier alpha value is -3.30. The molecule has 0 aliphatic heterocycles. The average molecular weight is 565 g/mol. The Morgan fingerprint density at radius 2 is 1.59 bits per heavy atom. The molecule has 0 fully saturated rings. The zero-order valence-corrected chi connectivity index (χ0v) is 21.8. The van der Waals surface area contributed by atoms with E-state index in [0.29, 0.717) is 29.0 Å². The summed E-state index contributed by atoms with van der Waals surface area (Å²) < 4.78 is 15.9. The van der Waals surface area contributed by atoms with Crippen LogP contribution in [0.15, 0.2) is 48.7 Å². The largest absolute Gasteiger partial charge is 0.236 e. The summed E-state index contributed by atoms with van der Waals surface area (Å²) in [5.74, 6) is 0.0893. The molecule has 0 aliphatic rings. The van der Waals surface area contributed by atoms with Crippen LogP contribution in [-0.2, 0) is 12.8 Å². The molecule has 7 heteroatoms. The highest BCUT2D eigenvalue weighted by Gasteiger charge is 2.19. The lowest BCUT2D eigenvalue weighted by Gasteiger charge is -2.09. The number of pyridine rings is 1. The van der Waals surface area contributed by atoms with Crippen molar-refractivity contribution in [3.8, 4) is 17.8 Å². The van der Waals surface area contributed by atoms with Crippen LogP contribution in [0, 0.1) is 32.0 Å². The normalized spacial score (nSPS) is 10.5. The average Bonchev–Trinajstić information content (AvgIpc) is 3.25. The van der Waals surface area contributed by atoms with Crippen LogP contribution in [0.2, 0.25) is 0 Å². The first-order valence-corrected chi connectivity index (χ1v) is 12.2. The molecule has 0 bridgehead atoms. The zero-order chi connectivity index (χ0) is 24.8. The molecule has 0 saturated carbocycles. The van der Waals surface area contributed by atoms with Crippen LogP contribution < -0.4 is 0 Å². The Morgan fingerprint density at radius 3 is 2.18 bits per heavy atom. The monoisotopic (exact) mass is 565 g/mol. The van der Waals surface area contributed by atoms with Crippen molar-refractivity contribution >= 4 is 33.6 Å². The van der Waals surface area contributed by atoms with Gasteiger partial charge in [0.1, 0.15) is 5.82 Å². The van der Waals surface area contributed by atoms with Gasteiger partial charge < -0.3 is 0 Å². The standard InChI is InChI=1S/C18H17IN4.C9H8FN/c1-4-13-9-12(10-20)5-6-15(13)23-18-16(14(19)7-8-21-18)17(22-23)11(2)3;1-2-8-5-7(6-11)3-4-9(8)10/h5-9,11H,4H2,1-3H3;3-5H,2H2,1H3. The van der Waals surface area contributed by atoms with Crippen molar-refractivity contribution < 1.29 is 4.39 Å². The Bertz CT molecular complexity index is 1410. The summed E-state index contributed by atoms with van der Waals surface area (Å²) in [7, 11) is 0. The summed E-state index contributed by atoms with van der Waals surface area (Å²) in [5.41, 5.74) is 5.83. The van der Waals surface area contributed by atoms with Gasteiger partial charge in [0.15, 0.2) is 5.65 Å². The van der Waals surface area contributed by atoms with Gasteiger partial charge in [0.2, 0.25) is 0 Å². The molecule has 5 nitrogen and oxygen atoms in total. The number of fused-ring (bicyclic) bond motifs is 1. The van der Waals surface area contributed by atoms with Gasteiger partial charge in [0.05, 0.1) is 40.0 Å². The Morgan fingerprint density at radius 1 is 0.971 bits per heavy atom. The molecule has 0 radical (unpaired) electrons. The summed E-state index contributed by atoms with van der Waals surface area (Å²) in [5, 5.41) is 23.6. The lowest BCUT2D eigenvalue weighted by molar-refractivity contribution is 0.612. The third kappa shape index (κ3) is 5.26. The molecule has 0 aliphatic carbocycles. The summed E-state index contributed by atoms with van der Waals surface area (Å²) in [6.45, 7) is 8.25. The highest BCUT2D eigenvalue weighted by atomic mass is 127. The minimum Gasteiger partial charge on any atom is -0.236 e. The third-order valence-corrected chi connectivity index (χ3v) is 6.36. The molecule has 0 unspecified atom stereocenters. The van der Waals surface area contributed by atoms with Gasteiger partial charge in [0.25, 0.3) is 0 Å². The van der Waals surface area contributed by atoms with E-state index in [2.05, 4.69) is 54.4 Å². The van der Waals surface area contributed by atoms with Crippen molar-refractivity contribution in [2.45, 2.75) is 46.5 Å². The van der Waals surface area contributed by atoms with Crippen molar-refractivity contribution in [1.82, 2.24) is 14.8 Å². The van der Waals surface area contributed by atoms with E-state index in [0.717, 1.165) is 38.0 Å².